The van der Waals surface area contributed by atoms with Crippen molar-refractivity contribution in [3.8, 4) is 0 Å². The summed E-state index contributed by atoms with van der Waals surface area (Å²) in [6.07, 6.45) is 6.47. The van der Waals surface area contributed by atoms with Crippen LogP contribution >= 0.6 is 0 Å². The fraction of sp³-hybridized carbons (Fsp3) is 0.647. The topological polar surface area (TPSA) is 38.0 Å². The lowest BCUT2D eigenvalue weighted by Gasteiger charge is -2.20. The maximum Gasteiger partial charge on any atom is 0.0446 e. The lowest BCUT2D eigenvalue weighted by atomic mass is 10.00. The van der Waals surface area contributed by atoms with Crippen molar-refractivity contribution in [3.05, 3.63) is 35.4 Å². The van der Waals surface area contributed by atoms with E-state index in [-0.39, 0.29) is 6.04 Å². The van der Waals surface area contributed by atoms with Crippen molar-refractivity contribution in [1.82, 2.24) is 5.32 Å². The van der Waals surface area contributed by atoms with E-state index in [1.54, 1.807) is 0 Å². The molecule has 1 atom stereocenters. The van der Waals surface area contributed by atoms with Gasteiger partial charge in [0.2, 0.25) is 0 Å². The fourth-order valence-corrected chi connectivity index (χ4v) is 2.42. The Labute approximate surface area is 118 Å². The zero-order chi connectivity index (χ0) is 14.1. The maximum absolute atomic E-state index is 5.88. The molecule has 0 aliphatic rings. The normalized spacial score (nSPS) is 12.9. The minimum Gasteiger partial charge on any atom is -0.329 e. The summed E-state index contributed by atoms with van der Waals surface area (Å²) in [5.74, 6) is 0. The van der Waals surface area contributed by atoms with Gasteiger partial charge in [0.05, 0.1) is 0 Å². The number of benzene rings is 1. The second-order valence-electron chi connectivity index (χ2n) is 5.67. The summed E-state index contributed by atoms with van der Waals surface area (Å²) < 4.78 is 0. The quantitative estimate of drug-likeness (QED) is 0.664. The molecule has 19 heavy (non-hydrogen) atoms. The highest BCUT2D eigenvalue weighted by Crippen LogP contribution is 2.16. The Morgan fingerprint density at radius 3 is 2.58 bits per heavy atom. The molecule has 1 rings (SSSR count). The number of aryl methyl sites for hydroxylation is 1. The first-order valence-electron chi connectivity index (χ1n) is 7.72. The monoisotopic (exact) mass is 262 g/mol. The summed E-state index contributed by atoms with van der Waals surface area (Å²) in [6, 6.07) is 9.63. The molecule has 108 valence electrons. The molecule has 2 nitrogen and oxygen atoms in total. The molecule has 0 spiro atoms. The molecule has 0 bridgehead atoms. The van der Waals surface area contributed by atoms with E-state index in [4.69, 9.17) is 5.73 Å². The SMILES string of the molecule is CCCCCCc1cccc(C(CN)NC(C)C)c1. The van der Waals surface area contributed by atoms with Crippen LogP contribution in [0.15, 0.2) is 24.3 Å². The van der Waals surface area contributed by atoms with Crippen LogP contribution in [0.4, 0.5) is 0 Å². The van der Waals surface area contributed by atoms with Crippen LogP contribution in [0.5, 0.6) is 0 Å². The average Bonchev–Trinajstić information content (AvgIpc) is 2.41. The van der Waals surface area contributed by atoms with E-state index in [0.29, 0.717) is 12.6 Å². The molecule has 0 saturated carbocycles. The third-order valence-corrected chi connectivity index (χ3v) is 3.44. The zero-order valence-corrected chi connectivity index (χ0v) is 12.8. The first kappa shape index (κ1) is 16.2. The van der Waals surface area contributed by atoms with Crippen LogP contribution in [0.3, 0.4) is 0 Å². The molecule has 0 saturated heterocycles. The minimum atomic E-state index is 0.274. The molecule has 0 radical (unpaired) electrons. The molecule has 3 N–H and O–H groups in total. The summed E-state index contributed by atoms with van der Waals surface area (Å²) in [5, 5.41) is 3.52. The molecular formula is C17H30N2. The first-order chi connectivity index (χ1) is 9.17. The van der Waals surface area contributed by atoms with E-state index in [1.807, 2.05) is 0 Å². The smallest absolute Gasteiger partial charge is 0.0446 e. The van der Waals surface area contributed by atoms with Crippen molar-refractivity contribution in [2.75, 3.05) is 6.54 Å². The highest BCUT2D eigenvalue weighted by atomic mass is 15.0. The van der Waals surface area contributed by atoms with Gasteiger partial charge in [-0.15, -0.1) is 0 Å². The van der Waals surface area contributed by atoms with Crippen LogP contribution in [0.2, 0.25) is 0 Å². The Hall–Kier alpha value is -0.860. The highest BCUT2D eigenvalue weighted by Gasteiger charge is 2.10. The van der Waals surface area contributed by atoms with Crippen molar-refractivity contribution >= 4 is 0 Å². The second kappa shape index (κ2) is 9.11. The van der Waals surface area contributed by atoms with E-state index in [2.05, 4.69) is 50.4 Å². The Bertz CT molecular complexity index is 347. The van der Waals surface area contributed by atoms with Gasteiger partial charge in [-0.2, -0.15) is 0 Å². The molecule has 0 aliphatic carbocycles. The fourth-order valence-electron chi connectivity index (χ4n) is 2.42. The van der Waals surface area contributed by atoms with E-state index in [9.17, 15) is 0 Å². The van der Waals surface area contributed by atoms with Crippen LogP contribution in [0.25, 0.3) is 0 Å². The average molecular weight is 262 g/mol. The number of rotatable bonds is 9. The summed E-state index contributed by atoms with van der Waals surface area (Å²) >= 11 is 0. The Morgan fingerprint density at radius 1 is 1.16 bits per heavy atom. The van der Waals surface area contributed by atoms with Crippen molar-refractivity contribution in [3.63, 3.8) is 0 Å². The van der Waals surface area contributed by atoms with Gasteiger partial charge in [0, 0.05) is 18.6 Å². The third kappa shape index (κ3) is 6.22. The van der Waals surface area contributed by atoms with Gasteiger partial charge in [0.1, 0.15) is 0 Å². The third-order valence-electron chi connectivity index (χ3n) is 3.44. The molecule has 1 aromatic rings. The lowest BCUT2D eigenvalue weighted by Crippen LogP contribution is -2.33. The van der Waals surface area contributed by atoms with Crippen molar-refractivity contribution in [2.45, 2.75) is 65.0 Å². The number of nitrogens with two attached hydrogens (primary N) is 1. The number of unbranched alkanes of at least 4 members (excludes halogenated alkanes) is 3. The van der Waals surface area contributed by atoms with Gasteiger partial charge in [-0.25, -0.2) is 0 Å². The van der Waals surface area contributed by atoms with Gasteiger partial charge in [-0.05, 0) is 24.0 Å². The molecule has 0 amide bonds. The molecule has 0 fully saturated rings. The molecule has 0 heterocycles. The summed E-state index contributed by atoms with van der Waals surface area (Å²) in [4.78, 5) is 0. The van der Waals surface area contributed by atoms with Crippen molar-refractivity contribution in [2.24, 2.45) is 5.73 Å². The van der Waals surface area contributed by atoms with Crippen molar-refractivity contribution < 1.29 is 0 Å². The Morgan fingerprint density at radius 2 is 1.95 bits per heavy atom. The largest absolute Gasteiger partial charge is 0.329 e. The van der Waals surface area contributed by atoms with Crippen LogP contribution in [-0.2, 0) is 6.42 Å². The van der Waals surface area contributed by atoms with Crippen LogP contribution in [0, 0.1) is 0 Å². The van der Waals surface area contributed by atoms with E-state index >= 15 is 0 Å². The highest BCUT2D eigenvalue weighted by molar-refractivity contribution is 5.26. The number of nitrogens with one attached hydrogen (secondary N) is 1. The van der Waals surface area contributed by atoms with Crippen LogP contribution in [0.1, 0.15) is 63.6 Å². The predicted molar refractivity (Wildman–Crippen MR) is 84.4 cm³/mol. The zero-order valence-electron chi connectivity index (χ0n) is 12.8. The maximum atomic E-state index is 5.88. The molecule has 0 aliphatic heterocycles. The molecular weight excluding hydrogens is 232 g/mol. The summed E-state index contributed by atoms with van der Waals surface area (Å²) in [5.41, 5.74) is 8.65. The first-order valence-corrected chi connectivity index (χ1v) is 7.72. The molecule has 1 aromatic carbocycles. The van der Waals surface area contributed by atoms with Gasteiger partial charge in [0.15, 0.2) is 0 Å². The van der Waals surface area contributed by atoms with Gasteiger partial charge in [-0.3, -0.25) is 0 Å². The van der Waals surface area contributed by atoms with Crippen LogP contribution in [-0.4, -0.2) is 12.6 Å². The van der Waals surface area contributed by atoms with E-state index in [1.165, 1.54) is 43.2 Å². The van der Waals surface area contributed by atoms with Gasteiger partial charge in [0.25, 0.3) is 0 Å². The Kier molecular flexibility index (Phi) is 7.76. The lowest BCUT2D eigenvalue weighted by molar-refractivity contribution is 0.483. The number of hydrogen-bond donors (Lipinski definition) is 2. The Balaban J connectivity index is 2.59. The summed E-state index contributed by atoms with van der Waals surface area (Å²) in [7, 11) is 0. The van der Waals surface area contributed by atoms with E-state index in [0.717, 1.165) is 0 Å². The summed E-state index contributed by atoms with van der Waals surface area (Å²) in [6.45, 7) is 7.23. The van der Waals surface area contributed by atoms with Gasteiger partial charge in [-0.1, -0.05) is 64.3 Å². The number of hydrogen-bond acceptors (Lipinski definition) is 2. The van der Waals surface area contributed by atoms with Crippen LogP contribution < -0.4 is 11.1 Å². The second-order valence-corrected chi connectivity index (χ2v) is 5.67. The molecule has 1 unspecified atom stereocenters. The minimum absolute atomic E-state index is 0.274. The predicted octanol–water partition coefficient (Wildman–Crippen LogP) is 3.81. The van der Waals surface area contributed by atoms with Crippen molar-refractivity contribution in [1.29, 1.82) is 0 Å². The molecule has 2 heteroatoms. The van der Waals surface area contributed by atoms with Gasteiger partial charge < -0.3 is 11.1 Å². The standard InChI is InChI=1S/C17H30N2/c1-4-5-6-7-9-15-10-8-11-16(12-15)17(13-18)19-14(2)3/h8,10-12,14,17,19H,4-7,9,13,18H2,1-3H3. The molecule has 0 aromatic heterocycles. The van der Waals surface area contributed by atoms with E-state index < -0.39 is 0 Å². The van der Waals surface area contributed by atoms with Gasteiger partial charge >= 0.3 is 0 Å².